The molecule has 0 aliphatic heterocycles. The Morgan fingerprint density at radius 2 is 1.82 bits per heavy atom. The van der Waals surface area contributed by atoms with Crippen molar-refractivity contribution in [2.75, 3.05) is 6.61 Å². The molecule has 0 saturated carbocycles. The molecule has 0 rings (SSSR count). The molecule has 0 fully saturated rings. The van der Waals surface area contributed by atoms with Crippen molar-refractivity contribution in [2.24, 2.45) is 0 Å². The molecule has 0 spiro atoms. The summed E-state index contributed by atoms with van der Waals surface area (Å²) in [6.45, 7) is -1.98. The fourth-order valence-electron chi connectivity index (χ4n) is 0.216. The van der Waals surface area contributed by atoms with E-state index >= 15 is 0 Å². The Balaban J connectivity index is 3.64. The summed E-state index contributed by atoms with van der Waals surface area (Å²) < 4.78 is 58.9. The molecule has 0 aliphatic rings. The minimum absolute atomic E-state index is 1.98. The standard InChI is InChI=1S/C4H3F5O2/c5-2(6)3(10)11-1-4(7,8)9/h2H,1H2. The third-order valence-corrected chi connectivity index (χ3v) is 0.556. The Hall–Kier alpha value is -0.880. The summed E-state index contributed by atoms with van der Waals surface area (Å²) in [6, 6.07) is 0. The number of carbonyl (C=O) groups excluding carboxylic acids is 1. The van der Waals surface area contributed by atoms with Crippen molar-refractivity contribution in [1.82, 2.24) is 0 Å². The lowest BCUT2D eigenvalue weighted by atomic mass is 10.6. The molecule has 0 aliphatic carbocycles. The Kier molecular flexibility index (Phi) is 3.21. The highest BCUT2D eigenvalue weighted by atomic mass is 19.4. The zero-order valence-corrected chi connectivity index (χ0v) is 4.99. The molecule has 0 aromatic heterocycles. The average molecular weight is 178 g/mol. The number of rotatable bonds is 2. The molecule has 0 unspecified atom stereocenters. The van der Waals surface area contributed by atoms with Crippen LogP contribution in [0.15, 0.2) is 0 Å². The largest absolute Gasteiger partial charge is 0.452 e. The van der Waals surface area contributed by atoms with E-state index in [4.69, 9.17) is 0 Å². The second kappa shape index (κ2) is 3.49. The number of halogens is 5. The normalized spacial score (nSPS) is 11.8. The number of carbonyl (C=O) groups is 1. The summed E-state index contributed by atoms with van der Waals surface area (Å²) >= 11 is 0. The van der Waals surface area contributed by atoms with E-state index in [1.807, 2.05) is 0 Å². The quantitative estimate of drug-likeness (QED) is 0.471. The molecular formula is C4H3F5O2. The van der Waals surface area contributed by atoms with Crippen molar-refractivity contribution in [3.8, 4) is 0 Å². The number of esters is 1. The lowest BCUT2D eigenvalue weighted by molar-refractivity contribution is -0.193. The van der Waals surface area contributed by atoms with Crippen molar-refractivity contribution < 1.29 is 31.5 Å². The molecule has 2 nitrogen and oxygen atoms in total. The van der Waals surface area contributed by atoms with Crippen LogP contribution in [0.2, 0.25) is 0 Å². The Morgan fingerprint density at radius 3 is 2.09 bits per heavy atom. The SMILES string of the molecule is O=C(OCC(F)(F)F)C(F)F. The minimum atomic E-state index is -4.76. The van der Waals surface area contributed by atoms with Gasteiger partial charge in [0.1, 0.15) is 0 Å². The highest BCUT2D eigenvalue weighted by Gasteiger charge is 2.31. The van der Waals surface area contributed by atoms with Crippen LogP contribution in [0.4, 0.5) is 22.0 Å². The van der Waals surface area contributed by atoms with Gasteiger partial charge in [-0.15, -0.1) is 0 Å². The molecule has 7 heteroatoms. The van der Waals surface area contributed by atoms with Gasteiger partial charge in [-0.1, -0.05) is 0 Å². The average Bonchev–Trinajstić information content (AvgIpc) is 1.80. The van der Waals surface area contributed by atoms with Gasteiger partial charge in [-0.05, 0) is 0 Å². The summed E-state index contributed by atoms with van der Waals surface area (Å²) in [7, 11) is 0. The van der Waals surface area contributed by atoms with E-state index in [0.29, 0.717) is 0 Å². The molecule has 66 valence electrons. The minimum Gasteiger partial charge on any atom is -0.452 e. The van der Waals surface area contributed by atoms with Crippen LogP contribution in [0, 0.1) is 0 Å². The van der Waals surface area contributed by atoms with E-state index in [-0.39, 0.29) is 0 Å². The first kappa shape index (κ1) is 10.1. The van der Waals surface area contributed by atoms with Crippen LogP contribution in [-0.4, -0.2) is 25.2 Å². The summed E-state index contributed by atoms with van der Waals surface area (Å²) in [6.07, 6.45) is -8.28. The molecule has 0 aromatic carbocycles. The second-order valence-electron chi connectivity index (χ2n) is 1.52. The van der Waals surface area contributed by atoms with Gasteiger partial charge in [0.05, 0.1) is 0 Å². The van der Waals surface area contributed by atoms with Crippen LogP contribution in [0.3, 0.4) is 0 Å². The van der Waals surface area contributed by atoms with Gasteiger partial charge in [-0.2, -0.15) is 22.0 Å². The maximum Gasteiger partial charge on any atom is 0.422 e. The third kappa shape index (κ3) is 5.56. The predicted octanol–water partition coefficient (Wildman–Crippen LogP) is 1.36. The molecule has 0 amide bonds. The maximum absolute atomic E-state index is 11.2. The second-order valence-corrected chi connectivity index (χ2v) is 1.52. The van der Waals surface area contributed by atoms with E-state index in [0.717, 1.165) is 0 Å². The highest BCUT2D eigenvalue weighted by Crippen LogP contribution is 2.15. The van der Waals surface area contributed by atoms with Crippen molar-refractivity contribution in [3.63, 3.8) is 0 Å². The summed E-state index contributed by atoms with van der Waals surface area (Å²) in [4.78, 5) is 9.72. The van der Waals surface area contributed by atoms with Crippen LogP contribution < -0.4 is 0 Å². The maximum atomic E-state index is 11.2. The van der Waals surface area contributed by atoms with Gasteiger partial charge in [0, 0.05) is 0 Å². The fraction of sp³-hybridized carbons (Fsp3) is 0.750. The summed E-state index contributed by atoms with van der Waals surface area (Å²) in [5.41, 5.74) is 0. The van der Waals surface area contributed by atoms with Crippen LogP contribution in [-0.2, 0) is 9.53 Å². The Morgan fingerprint density at radius 1 is 1.36 bits per heavy atom. The molecule has 0 N–H and O–H groups in total. The zero-order chi connectivity index (χ0) is 9.07. The number of hydrogen-bond acceptors (Lipinski definition) is 2. The third-order valence-electron chi connectivity index (χ3n) is 0.556. The molecule has 0 aromatic rings. The van der Waals surface area contributed by atoms with Gasteiger partial charge >= 0.3 is 18.6 Å². The van der Waals surface area contributed by atoms with Gasteiger partial charge in [0.2, 0.25) is 0 Å². The van der Waals surface area contributed by atoms with Gasteiger partial charge in [0.25, 0.3) is 0 Å². The number of hydrogen-bond donors (Lipinski definition) is 0. The summed E-state index contributed by atoms with van der Waals surface area (Å²) in [5.74, 6) is -2.16. The van der Waals surface area contributed by atoms with Gasteiger partial charge in [0.15, 0.2) is 6.61 Å². The molecule has 0 heterocycles. The molecular weight excluding hydrogens is 175 g/mol. The molecule has 0 saturated heterocycles. The van der Waals surface area contributed by atoms with Gasteiger partial charge in [-0.25, -0.2) is 4.79 Å². The molecule has 0 radical (unpaired) electrons. The van der Waals surface area contributed by atoms with Crippen LogP contribution in [0.1, 0.15) is 0 Å². The lowest BCUT2D eigenvalue weighted by Crippen LogP contribution is -2.23. The van der Waals surface area contributed by atoms with E-state index in [9.17, 15) is 26.7 Å². The van der Waals surface area contributed by atoms with Crippen molar-refractivity contribution in [3.05, 3.63) is 0 Å². The molecule has 0 bridgehead atoms. The number of alkyl halides is 5. The smallest absolute Gasteiger partial charge is 0.422 e. The summed E-state index contributed by atoms with van der Waals surface area (Å²) in [5, 5.41) is 0. The van der Waals surface area contributed by atoms with Crippen LogP contribution in [0.5, 0.6) is 0 Å². The lowest BCUT2D eigenvalue weighted by Gasteiger charge is -2.06. The van der Waals surface area contributed by atoms with Gasteiger partial charge < -0.3 is 4.74 Å². The molecule has 11 heavy (non-hydrogen) atoms. The zero-order valence-electron chi connectivity index (χ0n) is 4.99. The number of ether oxygens (including phenoxy) is 1. The first-order chi connectivity index (χ1) is 4.83. The highest BCUT2D eigenvalue weighted by molar-refractivity contribution is 5.72. The molecule has 0 atom stereocenters. The Labute approximate surface area is 57.9 Å². The van der Waals surface area contributed by atoms with E-state index in [2.05, 4.69) is 4.74 Å². The topological polar surface area (TPSA) is 26.3 Å². The van der Waals surface area contributed by atoms with Crippen molar-refractivity contribution >= 4 is 5.97 Å². The van der Waals surface area contributed by atoms with E-state index in [1.54, 1.807) is 0 Å². The van der Waals surface area contributed by atoms with Gasteiger partial charge in [-0.3, -0.25) is 0 Å². The van der Waals surface area contributed by atoms with E-state index in [1.165, 1.54) is 0 Å². The van der Waals surface area contributed by atoms with Crippen molar-refractivity contribution in [1.29, 1.82) is 0 Å². The Bertz CT molecular complexity index is 140. The van der Waals surface area contributed by atoms with E-state index < -0.39 is 25.2 Å². The van der Waals surface area contributed by atoms with Crippen molar-refractivity contribution in [2.45, 2.75) is 12.6 Å². The van der Waals surface area contributed by atoms with Crippen LogP contribution >= 0.6 is 0 Å². The van der Waals surface area contributed by atoms with Crippen LogP contribution in [0.25, 0.3) is 0 Å². The monoisotopic (exact) mass is 178 g/mol. The fourth-order valence-corrected chi connectivity index (χ4v) is 0.216. The first-order valence-electron chi connectivity index (χ1n) is 2.34. The predicted molar refractivity (Wildman–Crippen MR) is 23.0 cm³/mol. The first-order valence-corrected chi connectivity index (χ1v) is 2.34.